The van der Waals surface area contributed by atoms with E-state index in [9.17, 15) is 4.79 Å². The van der Waals surface area contributed by atoms with Crippen molar-refractivity contribution in [2.24, 2.45) is 0 Å². The molecule has 1 N–H and O–H groups in total. The number of hydrogen-bond acceptors (Lipinski definition) is 4. The second kappa shape index (κ2) is 6.94. The highest BCUT2D eigenvalue weighted by atomic mass is 35.5. The summed E-state index contributed by atoms with van der Waals surface area (Å²) in [4.78, 5) is 15.9. The summed E-state index contributed by atoms with van der Waals surface area (Å²) >= 11 is 7.22. The zero-order chi connectivity index (χ0) is 14.4. The highest BCUT2D eigenvalue weighted by Crippen LogP contribution is 2.24. The van der Waals surface area contributed by atoms with E-state index in [0.29, 0.717) is 21.3 Å². The zero-order valence-electron chi connectivity index (χ0n) is 10.3. The molecular formula is C14H10ClN3OS. The van der Waals surface area contributed by atoms with Crippen molar-refractivity contribution in [3.63, 3.8) is 0 Å². The lowest BCUT2D eigenvalue weighted by Gasteiger charge is -2.05. The number of rotatable bonds is 4. The van der Waals surface area contributed by atoms with Gasteiger partial charge in [0.05, 0.1) is 22.4 Å². The molecule has 6 heteroatoms. The van der Waals surface area contributed by atoms with Gasteiger partial charge in [-0.25, -0.2) is 4.98 Å². The van der Waals surface area contributed by atoms with Crippen LogP contribution < -0.4 is 5.32 Å². The number of nitrogens with zero attached hydrogens (tertiary/aromatic N) is 2. The van der Waals surface area contributed by atoms with Crippen molar-refractivity contribution < 1.29 is 4.79 Å². The highest BCUT2D eigenvalue weighted by molar-refractivity contribution is 8.00. The molecular weight excluding hydrogens is 294 g/mol. The number of carbonyl (C=O) groups excluding carboxylic acids is 1. The molecule has 0 unspecified atom stereocenters. The Kier molecular flexibility index (Phi) is 4.99. The van der Waals surface area contributed by atoms with E-state index in [2.05, 4.69) is 10.3 Å². The SMILES string of the molecule is N#Cc1cccc(NC(=O)CSc2ncccc2Cl)c1. The molecule has 0 fully saturated rings. The van der Waals surface area contributed by atoms with Gasteiger partial charge in [0.1, 0.15) is 5.03 Å². The van der Waals surface area contributed by atoms with E-state index in [-0.39, 0.29) is 11.7 Å². The maximum Gasteiger partial charge on any atom is 0.234 e. The van der Waals surface area contributed by atoms with E-state index >= 15 is 0 Å². The van der Waals surface area contributed by atoms with Crippen molar-refractivity contribution in [1.82, 2.24) is 4.98 Å². The first-order valence-electron chi connectivity index (χ1n) is 5.72. The Morgan fingerprint density at radius 1 is 1.40 bits per heavy atom. The normalized spacial score (nSPS) is 9.80. The molecule has 0 atom stereocenters. The number of nitrogens with one attached hydrogen (secondary N) is 1. The minimum atomic E-state index is -0.174. The number of anilines is 1. The van der Waals surface area contributed by atoms with Gasteiger partial charge in [-0.15, -0.1) is 0 Å². The van der Waals surface area contributed by atoms with E-state index < -0.39 is 0 Å². The lowest BCUT2D eigenvalue weighted by molar-refractivity contribution is -0.113. The van der Waals surface area contributed by atoms with Crippen molar-refractivity contribution in [2.75, 3.05) is 11.1 Å². The quantitative estimate of drug-likeness (QED) is 0.880. The number of nitriles is 1. The summed E-state index contributed by atoms with van der Waals surface area (Å²) < 4.78 is 0. The van der Waals surface area contributed by atoms with Crippen LogP contribution in [0.4, 0.5) is 5.69 Å². The molecule has 20 heavy (non-hydrogen) atoms. The third-order valence-electron chi connectivity index (χ3n) is 2.34. The van der Waals surface area contributed by atoms with Gasteiger partial charge in [0, 0.05) is 11.9 Å². The molecule has 0 aliphatic carbocycles. The number of benzene rings is 1. The van der Waals surface area contributed by atoms with Gasteiger partial charge in [-0.3, -0.25) is 4.79 Å². The zero-order valence-corrected chi connectivity index (χ0v) is 11.9. The smallest absolute Gasteiger partial charge is 0.234 e. The molecule has 0 bridgehead atoms. The number of thioether (sulfide) groups is 1. The largest absolute Gasteiger partial charge is 0.325 e. The van der Waals surface area contributed by atoms with E-state index in [4.69, 9.17) is 16.9 Å². The minimum absolute atomic E-state index is 0.174. The Hall–Kier alpha value is -2.03. The molecule has 0 saturated carbocycles. The molecule has 4 nitrogen and oxygen atoms in total. The van der Waals surface area contributed by atoms with Gasteiger partial charge in [0.25, 0.3) is 0 Å². The topological polar surface area (TPSA) is 65.8 Å². The molecule has 0 spiro atoms. The van der Waals surface area contributed by atoms with Crippen LogP contribution >= 0.6 is 23.4 Å². The van der Waals surface area contributed by atoms with Crippen molar-refractivity contribution in [3.8, 4) is 6.07 Å². The molecule has 2 aromatic rings. The van der Waals surface area contributed by atoms with Gasteiger partial charge < -0.3 is 5.32 Å². The number of hydrogen-bond donors (Lipinski definition) is 1. The van der Waals surface area contributed by atoms with E-state index in [1.807, 2.05) is 6.07 Å². The average molecular weight is 304 g/mol. The molecule has 100 valence electrons. The van der Waals surface area contributed by atoms with Gasteiger partial charge in [-0.1, -0.05) is 29.4 Å². The molecule has 0 saturated heterocycles. The van der Waals surface area contributed by atoms with E-state index in [1.54, 1.807) is 42.6 Å². The van der Waals surface area contributed by atoms with Gasteiger partial charge in [-0.05, 0) is 30.3 Å². The first-order valence-corrected chi connectivity index (χ1v) is 7.09. The maximum atomic E-state index is 11.8. The average Bonchev–Trinajstić information content (AvgIpc) is 2.46. The third kappa shape index (κ3) is 3.98. The summed E-state index contributed by atoms with van der Waals surface area (Å²) in [5.74, 6) is 0.0276. The predicted molar refractivity (Wildman–Crippen MR) is 79.8 cm³/mol. The van der Waals surface area contributed by atoms with Crippen molar-refractivity contribution >= 4 is 35.0 Å². The first-order chi connectivity index (χ1) is 9.69. The molecule has 1 aromatic carbocycles. The fourth-order valence-electron chi connectivity index (χ4n) is 1.47. The van der Waals surface area contributed by atoms with Crippen molar-refractivity contribution in [2.45, 2.75) is 5.03 Å². The predicted octanol–water partition coefficient (Wildman–Crippen LogP) is 3.34. The van der Waals surface area contributed by atoms with Crippen LogP contribution in [0, 0.1) is 11.3 Å². The summed E-state index contributed by atoms with van der Waals surface area (Å²) in [5.41, 5.74) is 1.10. The third-order valence-corrected chi connectivity index (χ3v) is 3.76. The number of aromatic nitrogens is 1. The highest BCUT2D eigenvalue weighted by Gasteiger charge is 2.07. The molecule has 0 aliphatic heterocycles. The van der Waals surface area contributed by atoms with Crippen LogP contribution in [0.1, 0.15) is 5.56 Å². The lowest BCUT2D eigenvalue weighted by Crippen LogP contribution is -2.14. The number of carbonyl (C=O) groups is 1. The van der Waals surface area contributed by atoms with Crippen molar-refractivity contribution in [3.05, 3.63) is 53.2 Å². The second-order valence-electron chi connectivity index (χ2n) is 3.82. The summed E-state index contributed by atoms with van der Waals surface area (Å²) in [5, 5.41) is 12.7. The summed E-state index contributed by atoms with van der Waals surface area (Å²) in [6.45, 7) is 0. The number of pyridine rings is 1. The maximum absolute atomic E-state index is 11.8. The van der Waals surface area contributed by atoms with E-state index in [0.717, 1.165) is 0 Å². The fraction of sp³-hybridized carbons (Fsp3) is 0.0714. The Bertz CT molecular complexity index is 669. The first kappa shape index (κ1) is 14.4. The van der Waals surface area contributed by atoms with Crippen LogP contribution in [-0.2, 0) is 4.79 Å². The minimum Gasteiger partial charge on any atom is -0.325 e. The van der Waals surface area contributed by atoms with Crippen LogP contribution in [0.2, 0.25) is 5.02 Å². The van der Waals surface area contributed by atoms with Gasteiger partial charge in [-0.2, -0.15) is 5.26 Å². The van der Waals surface area contributed by atoms with Crippen LogP contribution in [-0.4, -0.2) is 16.6 Å². The Morgan fingerprint density at radius 3 is 3.00 bits per heavy atom. The van der Waals surface area contributed by atoms with Crippen LogP contribution in [0.15, 0.2) is 47.6 Å². The lowest BCUT2D eigenvalue weighted by atomic mass is 10.2. The Labute approximate surface area is 125 Å². The second-order valence-corrected chi connectivity index (χ2v) is 5.19. The Morgan fingerprint density at radius 2 is 2.25 bits per heavy atom. The summed E-state index contributed by atoms with van der Waals surface area (Å²) in [7, 11) is 0. The van der Waals surface area contributed by atoms with Crippen LogP contribution in [0.3, 0.4) is 0 Å². The van der Waals surface area contributed by atoms with Gasteiger partial charge >= 0.3 is 0 Å². The molecule has 1 heterocycles. The molecule has 0 radical (unpaired) electrons. The summed E-state index contributed by atoms with van der Waals surface area (Å²) in [6.07, 6.45) is 1.63. The van der Waals surface area contributed by atoms with Gasteiger partial charge in [0.2, 0.25) is 5.91 Å². The number of halogens is 1. The monoisotopic (exact) mass is 303 g/mol. The van der Waals surface area contributed by atoms with E-state index in [1.165, 1.54) is 11.8 Å². The van der Waals surface area contributed by atoms with Crippen LogP contribution in [0.5, 0.6) is 0 Å². The fourth-order valence-corrected chi connectivity index (χ4v) is 2.44. The standard InChI is InChI=1S/C14H10ClN3OS/c15-12-5-2-6-17-14(12)20-9-13(19)18-11-4-1-3-10(7-11)8-16/h1-7H,9H2,(H,18,19). The number of amides is 1. The Balaban J connectivity index is 1.93. The molecule has 1 amide bonds. The molecule has 0 aliphatic rings. The van der Waals surface area contributed by atoms with Gasteiger partial charge in [0.15, 0.2) is 0 Å². The molecule has 2 rings (SSSR count). The van der Waals surface area contributed by atoms with Crippen LogP contribution in [0.25, 0.3) is 0 Å². The molecule has 1 aromatic heterocycles. The summed E-state index contributed by atoms with van der Waals surface area (Å²) in [6, 6.07) is 12.2. The van der Waals surface area contributed by atoms with Crippen molar-refractivity contribution in [1.29, 1.82) is 5.26 Å².